The number of hydrogen-bond acceptors (Lipinski definition) is 2. The third-order valence-corrected chi connectivity index (χ3v) is 3.24. The third kappa shape index (κ3) is 3.18. The van der Waals surface area contributed by atoms with E-state index in [0.29, 0.717) is 11.6 Å². The minimum atomic E-state index is -0.924. The third-order valence-electron chi connectivity index (χ3n) is 3.24. The Morgan fingerprint density at radius 2 is 1.90 bits per heavy atom. The Morgan fingerprint density at radius 1 is 1.15 bits per heavy atom. The van der Waals surface area contributed by atoms with Crippen molar-refractivity contribution >= 4 is 17.3 Å². The summed E-state index contributed by atoms with van der Waals surface area (Å²) in [5.41, 5.74) is 4.06. The molecular formula is C17H19NO2. The summed E-state index contributed by atoms with van der Waals surface area (Å²) in [6.07, 6.45) is 0. The summed E-state index contributed by atoms with van der Waals surface area (Å²) in [7, 11) is 0. The maximum Gasteiger partial charge on any atom is 0.337 e. The molecule has 0 saturated heterocycles. The lowest BCUT2D eigenvalue weighted by Crippen LogP contribution is -2.03. The highest BCUT2D eigenvalue weighted by molar-refractivity contribution is 5.95. The first-order valence-electron chi connectivity index (χ1n) is 6.68. The lowest BCUT2D eigenvalue weighted by atomic mass is 10.0. The lowest BCUT2D eigenvalue weighted by molar-refractivity contribution is 0.0698. The van der Waals surface area contributed by atoms with Crippen LogP contribution in [-0.2, 0) is 0 Å². The Balaban J connectivity index is 2.36. The topological polar surface area (TPSA) is 49.3 Å². The van der Waals surface area contributed by atoms with Crippen molar-refractivity contribution in [3.63, 3.8) is 0 Å². The molecule has 0 atom stereocenters. The van der Waals surface area contributed by atoms with Gasteiger partial charge in [0.15, 0.2) is 0 Å². The van der Waals surface area contributed by atoms with E-state index >= 15 is 0 Å². The molecule has 0 radical (unpaired) electrons. The van der Waals surface area contributed by atoms with Crippen LogP contribution in [0.4, 0.5) is 11.4 Å². The smallest absolute Gasteiger partial charge is 0.337 e. The van der Waals surface area contributed by atoms with Crippen LogP contribution in [0, 0.1) is 6.92 Å². The van der Waals surface area contributed by atoms with Crippen LogP contribution in [0.1, 0.15) is 41.3 Å². The van der Waals surface area contributed by atoms with E-state index < -0.39 is 5.97 Å². The van der Waals surface area contributed by atoms with Gasteiger partial charge in [-0.25, -0.2) is 4.79 Å². The molecule has 0 fully saturated rings. The molecule has 0 spiro atoms. The van der Waals surface area contributed by atoms with Crippen LogP contribution in [-0.4, -0.2) is 11.1 Å². The summed E-state index contributed by atoms with van der Waals surface area (Å²) < 4.78 is 0. The Labute approximate surface area is 119 Å². The zero-order chi connectivity index (χ0) is 14.7. The first-order chi connectivity index (χ1) is 9.47. The van der Waals surface area contributed by atoms with Gasteiger partial charge in [-0.05, 0) is 48.2 Å². The largest absolute Gasteiger partial charge is 0.478 e. The van der Waals surface area contributed by atoms with E-state index in [1.54, 1.807) is 12.1 Å². The van der Waals surface area contributed by atoms with Crippen molar-refractivity contribution in [2.75, 3.05) is 5.32 Å². The van der Waals surface area contributed by atoms with E-state index in [2.05, 4.69) is 31.3 Å². The van der Waals surface area contributed by atoms with Gasteiger partial charge >= 0.3 is 5.97 Å². The minimum Gasteiger partial charge on any atom is -0.478 e. The predicted molar refractivity (Wildman–Crippen MR) is 82.0 cm³/mol. The molecule has 0 heterocycles. The first kappa shape index (κ1) is 14.1. The summed E-state index contributed by atoms with van der Waals surface area (Å²) in [5.74, 6) is -0.485. The van der Waals surface area contributed by atoms with E-state index in [1.165, 1.54) is 5.56 Å². The molecule has 2 aromatic rings. The number of aromatic carboxylic acids is 1. The van der Waals surface area contributed by atoms with Crippen LogP contribution in [0.2, 0.25) is 0 Å². The average molecular weight is 269 g/mol. The molecule has 0 amide bonds. The maximum atomic E-state index is 11.3. The van der Waals surface area contributed by atoms with Gasteiger partial charge < -0.3 is 10.4 Å². The SMILES string of the molecule is Cc1ccc(C(=O)O)c(Nc2cccc(C(C)C)c2)c1. The van der Waals surface area contributed by atoms with Gasteiger partial charge in [0.05, 0.1) is 11.3 Å². The monoisotopic (exact) mass is 269 g/mol. The number of carboxylic acid groups (broad SMARTS) is 1. The standard InChI is InChI=1S/C17H19NO2/c1-11(2)13-5-4-6-14(10-13)18-16-9-12(3)7-8-15(16)17(19)20/h4-11,18H,1-3H3,(H,19,20). The number of aryl methyl sites for hydroxylation is 1. The van der Waals surface area contributed by atoms with E-state index in [-0.39, 0.29) is 5.56 Å². The van der Waals surface area contributed by atoms with Gasteiger partial charge in [-0.1, -0.05) is 32.0 Å². The maximum absolute atomic E-state index is 11.3. The number of anilines is 2. The highest BCUT2D eigenvalue weighted by Crippen LogP contribution is 2.25. The molecule has 0 aliphatic heterocycles. The summed E-state index contributed by atoms with van der Waals surface area (Å²) in [6.45, 7) is 6.21. The highest BCUT2D eigenvalue weighted by atomic mass is 16.4. The van der Waals surface area contributed by atoms with Crippen molar-refractivity contribution < 1.29 is 9.90 Å². The Kier molecular flexibility index (Phi) is 4.08. The summed E-state index contributed by atoms with van der Waals surface area (Å²) in [6, 6.07) is 13.3. The van der Waals surface area contributed by atoms with E-state index in [0.717, 1.165) is 11.3 Å². The van der Waals surface area contributed by atoms with E-state index in [4.69, 9.17) is 0 Å². The van der Waals surface area contributed by atoms with Gasteiger partial charge in [-0.15, -0.1) is 0 Å². The molecule has 0 aliphatic rings. The molecule has 20 heavy (non-hydrogen) atoms. The van der Waals surface area contributed by atoms with Crippen molar-refractivity contribution in [1.29, 1.82) is 0 Å². The van der Waals surface area contributed by atoms with Gasteiger partial charge in [-0.3, -0.25) is 0 Å². The Bertz CT molecular complexity index is 633. The Morgan fingerprint density at radius 3 is 2.55 bits per heavy atom. The average Bonchev–Trinajstić information content (AvgIpc) is 2.38. The number of nitrogens with one attached hydrogen (secondary N) is 1. The number of rotatable bonds is 4. The molecule has 0 unspecified atom stereocenters. The molecule has 104 valence electrons. The second kappa shape index (κ2) is 5.78. The predicted octanol–water partition coefficient (Wildman–Crippen LogP) is 4.56. The molecule has 2 N–H and O–H groups in total. The van der Waals surface area contributed by atoms with E-state index in [9.17, 15) is 9.90 Å². The fourth-order valence-corrected chi connectivity index (χ4v) is 2.08. The minimum absolute atomic E-state index is 0.283. The zero-order valence-corrected chi connectivity index (χ0v) is 12.0. The molecule has 2 aromatic carbocycles. The Hall–Kier alpha value is -2.29. The van der Waals surface area contributed by atoms with Crippen molar-refractivity contribution in [3.8, 4) is 0 Å². The van der Waals surface area contributed by atoms with Crippen molar-refractivity contribution in [1.82, 2.24) is 0 Å². The van der Waals surface area contributed by atoms with Crippen LogP contribution in [0.5, 0.6) is 0 Å². The summed E-state index contributed by atoms with van der Waals surface area (Å²) >= 11 is 0. The molecule has 0 bridgehead atoms. The van der Waals surface area contributed by atoms with Crippen LogP contribution in [0.15, 0.2) is 42.5 Å². The highest BCUT2D eigenvalue weighted by Gasteiger charge is 2.10. The second-order valence-corrected chi connectivity index (χ2v) is 5.26. The van der Waals surface area contributed by atoms with Gasteiger partial charge in [0, 0.05) is 5.69 Å². The summed E-state index contributed by atoms with van der Waals surface area (Å²) in [4.78, 5) is 11.3. The summed E-state index contributed by atoms with van der Waals surface area (Å²) in [5, 5.41) is 12.4. The molecule has 0 aromatic heterocycles. The van der Waals surface area contributed by atoms with Crippen LogP contribution < -0.4 is 5.32 Å². The van der Waals surface area contributed by atoms with Crippen molar-refractivity contribution in [2.45, 2.75) is 26.7 Å². The van der Waals surface area contributed by atoms with Crippen LogP contribution in [0.3, 0.4) is 0 Å². The van der Waals surface area contributed by atoms with Gasteiger partial charge in [-0.2, -0.15) is 0 Å². The van der Waals surface area contributed by atoms with Crippen LogP contribution in [0.25, 0.3) is 0 Å². The van der Waals surface area contributed by atoms with Crippen LogP contribution >= 0.6 is 0 Å². The fourth-order valence-electron chi connectivity index (χ4n) is 2.08. The number of hydrogen-bond donors (Lipinski definition) is 2. The zero-order valence-electron chi connectivity index (χ0n) is 12.0. The van der Waals surface area contributed by atoms with Crippen molar-refractivity contribution in [2.24, 2.45) is 0 Å². The fraction of sp³-hybridized carbons (Fsp3) is 0.235. The molecule has 3 nitrogen and oxygen atoms in total. The molecule has 0 saturated carbocycles. The molecule has 0 aliphatic carbocycles. The second-order valence-electron chi connectivity index (χ2n) is 5.26. The molecule has 3 heteroatoms. The molecule has 2 rings (SSSR count). The van der Waals surface area contributed by atoms with Gasteiger partial charge in [0.1, 0.15) is 0 Å². The van der Waals surface area contributed by atoms with Crippen molar-refractivity contribution in [3.05, 3.63) is 59.2 Å². The molecular weight excluding hydrogens is 250 g/mol. The number of carbonyl (C=O) groups is 1. The lowest BCUT2D eigenvalue weighted by Gasteiger charge is -2.13. The first-order valence-corrected chi connectivity index (χ1v) is 6.68. The number of benzene rings is 2. The normalized spacial score (nSPS) is 10.6. The van der Waals surface area contributed by atoms with Gasteiger partial charge in [0.25, 0.3) is 0 Å². The van der Waals surface area contributed by atoms with Gasteiger partial charge in [0.2, 0.25) is 0 Å². The number of carboxylic acids is 1. The quantitative estimate of drug-likeness (QED) is 0.855. The van der Waals surface area contributed by atoms with E-state index in [1.807, 2.05) is 25.1 Å².